The van der Waals surface area contributed by atoms with E-state index in [4.69, 9.17) is 28.4 Å². The Morgan fingerprint density at radius 1 is 0.933 bits per heavy atom. The molecule has 1 aliphatic heterocycles. The second-order valence-corrected chi connectivity index (χ2v) is 9.03. The van der Waals surface area contributed by atoms with E-state index in [1.807, 2.05) is 0 Å². The van der Waals surface area contributed by atoms with E-state index in [0.717, 1.165) is 0 Å². The molecule has 0 amide bonds. The third-order valence-corrected chi connectivity index (χ3v) is 6.56. The fourth-order valence-corrected chi connectivity index (χ4v) is 5.00. The molecule has 0 bridgehead atoms. The van der Waals surface area contributed by atoms with Gasteiger partial charge in [-0.3, -0.25) is 19.2 Å². The Bertz CT molecular complexity index is 614. The van der Waals surface area contributed by atoms with Crippen molar-refractivity contribution < 1.29 is 47.6 Å². The van der Waals surface area contributed by atoms with Gasteiger partial charge in [0.2, 0.25) is 0 Å². The molecule has 0 aromatic carbocycles. The summed E-state index contributed by atoms with van der Waals surface area (Å²) in [6.07, 6.45) is -5.13. The first-order valence-electron chi connectivity index (χ1n) is 9.25. The number of esters is 4. The summed E-state index contributed by atoms with van der Waals surface area (Å²) < 4.78 is 32.0. The van der Waals surface area contributed by atoms with Gasteiger partial charge in [0.05, 0.1) is 6.61 Å². The van der Waals surface area contributed by atoms with Crippen molar-refractivity contribution in [2.24, 2.45) is 0 Å². The topological polar surface area (TPSA) is 124 Å². The van der Waals surface area contributed by atoms with Gasteiger partial charge in [0.25, 0.3) is 0 Å². The van der Waals surface area contributed by atoms with E-state index in [1.54, 1.807) is 13.8 Å². The average molecular weight is 469 g/mol. The zero-order chi connectivity index (χ0) is 22.8. The lowest BCUT2D eigenvalue weighted by atomic mass is 9.98. The second-order valence-electron chi connectivity index (χ2n) is 6.28. The lowest BCUT2D eigenvalue weighted by Gasteiger charge is -2.43. The van der Waals surface area contributed by atoms with Crippen LogP contribution in [-0.2, 0) is 47.6 Å². The molecule has 1 saturated heterocycles. The zero-order valence-electron chi connectivity index (χ0n) is 17.8. The van der Waals surface area contributed by atoms with E-state index in [2.05, 4.69) is 0 Å². The number of methoxy groups -OCH3 is 1. The van der Waals surface area contributed by atoms with Crippen molar-refractivity contribution in [2.75, 3.05) is 19.5 Å². The monoisotopic (exact) mass is 468 g/mol. The summed E-state index contributed by atoms with van der Waals surface area (Å²) in [6.45, 7) is 7.29. The minimum Gasteiger partial charge on any atom is -0.465 e. The quantitative estimate of drug-likeness (QED) is 0.262. The SMILES string of the molecule is CCOC(=O)C(C)SSC[C@H]1O[C@@H](OC)[C@H](OC(C)=O)[C@@H](OC(C)=O)[C@H]1OC(C)=O. The van der Waals surface area contributed by atoms with Crippen molar-refractivity contribution in [3.05, 3.63) is 0 Å². The number of hydrogen-bond donors (Lipinski definition) is 0. The number of carbonyl (C=O) groups is 4. The van der Waals surface area contributed by atoms with E-state index in [-0.39, 0.29) is 18.3 Å². The first-order chi connectivity index (χ1) is 14.1. The summed E-state index contributed by atoms with van der Waals surface area (Å²) in [5.74, 6) is -2.00. The van der Waals surface area contributed by atoms with Crippen molar-refractivity contribution in [2.45, 2.75) is 70.6 Å². The molecule has 6 atom stereocenters. The highest BCUT2D eigenvalue weighted by atomic mass is 33.1. The van der Waals surface area contributed by atoms with Gasteiger partial charge in [-0.25, -0.2) is 0 Å². The number of rotatable bonds is 10. The smallest absolute Gasteiger partial charge is 0.319 e. The first-order valence-corrected chi connectivity index (χ1v) is 11.6. The Balaban J connectivity index is 3.01. The van der Waals surface area contributed by atoms with Gasteiger partial charge in [0, 0.05) is 33.6 Å². The lowest BCUT2D eigenvalue weighted by molar-refractivity contribution is -0.293. The van der Waals surface area contributed by atoms with Gasteiger partial charge in [-0.1, -0.05) is 21.6 Å². The van der Waals surface area contributed by atoms with Crippen molar-refractivity contribution >= 4 is 45.5 Å². The highest BCUT2D eigenvalue weighted by Crippen LogP contribution is 2.35. The average Bonchev–Trinajstić information content (AvgIpc) is 2.64. The molecule has 0 spiro atoms. The van der Waals surface area contributed by atoms with Gasteiger partial charge in [0.1, 0.15) is 11.4 Å². The molecule has 0 aromatic heterocycles. The fraction of sp³-hybridized carbons (Fsp3) is 0.778. The van der Waals surface area contributed by atoms with Gasteiger partial charge in [0.15, 0.2) is 24.6 Å². The second kappa shape index (κ2) is 13.0. The third kappa shape index (κ3) is 8.32. The van der Waals surface area contributed by atoms with E-state index in [0.29, 0.717) is 0 Å². The predicted octanol–water partition coefficient (Wildman–Crippen LogP) is 1.49. The lowest BCUT2D eigenvalue weighted by Crippen LogP contribution is -2.62. The summed E-state index contributed by atoms with van der Waals surface area (Å²) in [7, 11) is 3.91. The maximum absolute atomic E-state index is 11.8. The van der Waals surface area contributed by atoms with Crippen LogP contribution in [0.2, 0.25) is 0 Å². The van der Waals surface area contributed by atoms with E-state index < -0.39 is 53.9 Å². The van der Waals surface area contributed by atoms with Crippen molar-refractivity contribution in [3.63, 3.8) is 0 Å². The van der Waals surface area contributed by atoms with Crippen LogP contribution in [0.4, 0.5) is 0 Å². The molecule has 1 aliphatic rings. The molecule has 172 valence electrons. The minimum atomic E-state index is -1.13. The van der Waals surface area contributed by atoms with Crippen LogP contribution in [0.25, 0.3) is 0 Å². The van der Waals surface area contributed by atoms with Gasteiger partial charge >= 0.3 is 23.9 Å². The van der Waals surface area contributed by atoms with Crippen molar-refractivity contribution in [3.8, 4) is 0 Å². The summed E-state index contributed by atoms with van der Waals surface area (Å²) in [5, 5.41) is -0.429. The highest BCUT2D eigenvalue weighted by molar-refractivity contribution is 8.77. The first kappa shape index (κ1) is 26.5. The van der Waals surface area contributed by atoms with Crippen LogP contribution < -0.4 is 0 Å². The fourth-order valence-electron chi connectivity index (χ4n) is 2.69. The van der Waals surface area contributed by atoms with Crippen LogP contribution >= 0.6 is 21.6 Å². The van der Waals surface area contributed by atoms with Crippen LogP contribution in [0.1, 0.15) is 34.6 Å². The highest BCUT2D eigenvalue weighted by Gasteiger charge is 2.52. The Hall–Kier alpha value is -1.50. The molecule has 0 aliphatic carbocycles. The van der Waals surface area contributed by atoms with Gasteiger partial charge in [-0.2, -0.15) is 0 Å². The molecule has 1 unspecified atom stereocenters. The van der Waals surface area contributed by atoms with Crippen LogP contribution in [0.15, 0.2) is 0 Å². The minimum absolute atomic E-state index is 0.261. The van der Waals surface area contributed by atoms with E-state index in [9.17, 15) is 19.2 Å². The maximum atomic E-state index is 11.8. The molecule has 1 rings (SSSR count). The van der Waals surface area contributed by atoms with E-state index in [1.165, 1.54) is 49.5 Å². The molecule has 1 fully saturated rings. The maximum Gasteiger partial charge on any atom is 0.319 e. The van der Waals surface area contributed by atoms with Gasteiger partial charge in [-0.05, 0) is 13.8 Å². The molecular weight excluding hydrogens is 440 g/mol. The summed E-state index contributed by atoms with van der Waals surface area (Å²) in [6, 6.07) is 0. The van der Waals surface area contributed by atoms with Crippen LogP contribution in [0, 0.1) is 0 Å². The number of hydrogen-bond acceptors (Lipinski definition) is 12. The molecule has 0 N–H and O–H groups in total. The standard InChI is InChI=1S/C18H28O10S2/c1-7-24-17(22)9(2)30-29-8-13-14(25-10(3)19)15(26-11(4)20)16(27-12(5)21)18(23-6)28-13/h9,13-16,18H,7-8H2,1-6H3/t9?,13-,14+,15+,16-,18-/m1/s1. The molecule has 0 radical (unpaired) electrons. The Morgan fingerprint density at radius 2 is 1.47 bits per heavy atom. The van der Waals surface area contributed by atoms with Gasteiger partial charge < -0.3 is 28.4 Å². The predicted molar refractivity (Wildman–Crippen MR) is 108 cm³/mol. The number of ether oxygens (including phenoxy) is 6. The van der Waals surface area contributed by atoms with Crippen LogP contribution in [0.5, 0.6) is 0 Å². The van der Waals surface area contributed by atoms with Gasteiger partial charge in [-0.15, -0.1) is 0 Å². The van der Waals surface area contributed by atoms with Crippen LogP contribution in [-0.4, -0.2) is 79.3 Å². The number of carbonyl (C=O) groups excluding carboxylic acids is 4. The molecule has 30 heavy (non-hydrogen) atoms. The molecule has 10 nitrogen and oxygen atoms in total. The van der Waals surface area contributed by atoms with Crippen molar-refractivity contribution in [1.29, 1.82) is 0 Å². The Morgan fingerprint density at radius 3 is 1.97 bits per heavy atom. The normalized spacial score (nSPS) is 26.9. The molecule has 0 aromatic rings. The summed E-state index contributed by atoms with van der Waals surface area (Å²) in [4.78, 5) is 46.7. The molecule has 0 saturated carbocycles. The van der Waals surface area contributed by atoms with Crippen molar-refractivity contribution in [1.82, 2.24) is 0 Å². The third-order valence-electron chi connectivity index (χ3n) is 3.79. The largest absolute Gasteiger partial charge is 0.465 e. The van der Waals surface area contributed by atoms with E-state index >= 15 is 0 Å². The molecule has 1 heterocycles. The van der Waals surface area contributed by atoms with Crippen LogP contribution in [0.3, 0.4) is 0 Å². The zero-order valence-corrected chi connectivity index (χ0v) is 19.4. The Kier molecular flexibility index (Phi) is 11.5. The Labute approximate surface area is 183 Å². The molecular formula is C18H28O10S2. The molecule has 12 heteroatoms. The summed E-state index contributed by atoms with van der Waals surface area (Å²) in [5.41, 5.74) is 0. The summed E-state index contributed by atoms with van der Waals surface area (Å²) >= 11 is 0.